The minimum atomic E-state index is -0.132. The Labute approximate surface area is 150 Å². The second kappa shape index (κ2) is 10.6. The van der Waals surface area contributed by atoms with Crippen molar-refractivity contribution >= 4 is 11.6 Å². The van der Waals surface area contributed by atoms with E-state index in [0.717, 1.165) is 24.8 Å². The molecule has 0 aromatic heterocycles. The molecule has 0 bridgehead atoms. The van der Waals surface area contributed by atoms with E-state index in [4.69, 9.17) is 10.5 Å². The zero-order valence-electron chi connectivity index (χ0n) is 15.5. The molecule has 2 N–H and O–H groups in total. The van der Waals surface area contributed by atoms with E-state index >= 15 is 0 Å². The zero-order chi connectivity index (χ0) is 18.8. The predicted molar refractivity (Wildman–Crippen MR) is 102 cm³/mol. The predicted octanol–water partition coefficient (Wildman–Crippen LogP) is 3.89. The lowest BCUT2D eigenvalue weighted by Gasteiger charge is -2.09. The van der Waals surface area contributed by atoms with Crippen molar-refractivity contribution in [1.82, 2.24) is 0 Å². The molecule has 1 aromatic carbocycles. The molecule has 1 atom stereocenters. The van der Waals surface area contributed by atoms with Crippen molar-refractivity contribution < 1.29 is 14.3 Å². The van der Waals surface area contributed by atoms with E-state index in [1.54, 1.807) is 25.1 Å². The van der Waals surface area contributed by atoms with E-state index in [2.05, 4.69) is 6.58 Å². The number of allylic oxidation sites excluding steroid dienone is 3. The fourth-order valence-electron chi connectivity index (χ4n) is 2.50. The van der Waals surface area contributed by atoms with Gasteiger partial charge in [-0.2, -0.15) is 0 Å². The van der Waals surface area contributed by atoms with Crippen molar-refractivity contribution in [3.05, 3.63) is 53.6 Å². The lowest BCUT2D eigenvalue weighted by molar-refractivity contribution is -0.117. The molecule has 0 fully saturated rings. The van der Waals surface area contributed by atoms with Gasteiger partial charge in [0.05, 0.1) is 12.7 Å². The van der Waals surface area contributed by atoms with Gasteiger partial charge in [-0.05, 0) is 62.1 Å². The standard InChI is InChI=1S/C21H29NO3/c1-15(2)21(24)18-14-17(11-12-20(18)25-4)9-7-10-19(23)16(3)8-5-6-13-22/h7,10-12,14,16H,1,5-6,8-9,13,22H2,2-4H3/b10-7+. The highest BCUT2D eigenvalue weighted by Gasteiger charge is 2.13. The summed E-state index contributed by atoms with van der Waals surface area (Å²) in [6.45, 7) is 7.99. The number of Topliss-reactive ketones (excluding diaryl/α,β-unsaturated/α-hetero) is 1. The van der Waals surface area contributed by atoms with Gasteiger partial charge in [-0.1, -0.05) is 32.1 Å². The minimum absolute atomic E-state index is 0.0132. The first-order chi connectivity index (χ1) is 11.9. The smallest absolute Gasteiger partial charge is 0.191 e. The summed E-state index contributed by atoms with van der Waals surface area (Å²) in [6, 6.07) is 5.47. The Bertz CT molecular complexity index is 647. The van der Waals surface area contributed by atoms with Gasteiger partial charge in [0.1, 0.15) is 5.75 Å². The van der Waals surface area contributed by atoms with Crippen molar-refractivity contribution in [2.24, 2.45) is 11.7 Å². The van der Waals surface area contributed by atoms with Gasteiger partial charge in [0.25, 0.3) is 0 Å². The summed E-state index contributed by atoms with van der Waals surface area (Å²) in [7, 11) is 1.54. The Morgan fingerprint density at radius 3 is 2.64 bits per heavy atom. The number of nitrogens with two attached hydrogens (primary N) is 1. The molecule has 25 heavy (non-hydrogen) atoms. The molecule has 0 spiro atoms. The van der Waals surface area contributed by atoms with Gasteiger partial charge in [0.2, 0.25) is 0 Å². The summed E-state index contributed by atoms with van der Waals surface area (Å²) < 4.78 is 5.25. The number of hydrogen-bond donors (Lipinski definition) is 1. The number of rotatable bonds is 11. The number of ketones is 2. The minimum Gasteiger partial charge on any atom is -0.496 e. The molecule has 0 heterocycles. The van der Waals surface area contributed by atoms with Gasteiger partial charge in [-0.15, -0.1) is 0 Å². The third-order valence-corrected chi connectivity index (χ3v) is 4.11. The van der Waals surface area contributed by atoms with E-state index in [1.807, 2.05) is 19.1 Å². The van der Waals surface area contributed by atoms with Gasteiger partial charge in [-0.3, -0.25) is 9.59 Å². The lowest BCUT2D eigenvalue weighted by Crippen LogP contribution is -2.09. The maximum atomic E-state index is 12.2. The zero-order valence-corrected chi connectivity index (χ0v) is 15.5. The molecule has 0 saturated carbocycles. The van der Waals surface area contributed by atoms with E-state index in [1.165, 1.54) is 7.11 Å². The van der Waals surface area contributed by atoms with Gasteiger partial charge >= 0.3 is 0 Å². The molecule has 0 saturated heterocycles. The molecule has 0 aliphatic heterocycles. The monoisotopic (exact) mass is 343 g/mol. The summed E-state index contributed by atoms with van der Waals surface area (Å²) in [6.07, 6.45) is 6.85. The third-order valence-electron chi connectivity index (χ3n) is 4.11. The van der Waals surface area contributed by atoms with Crippen LogP contribution in [0, 0.1) is 5.92 Å². The highest BCUT2D eigenvalue weighted by Crippen LogP contribution is 2.23. The lowest BCUT2D eigenvalue weighted by atomic mass is 9.98. The van der Waals surface area contributed by atoms with Crippen molar-refractivity contribution in [1.29, 1.82) is 0 Å². The van der Waals surface area contributed by atoms with Crippen LogP contribution in [-0.4, -0.2) is 25.2 Å². The Morgan fingerprint density at radius 1 is 1.32 bits per heavy atom. The number of carbonyl (C=O) groups is 2. The van der Waals surface area contributed by atoms with Crippen LogP contribution < -0.4 is 10.5 Å². The van der Waals surface area contributed by atoms with E-state index < -0.39 is 0 Å². The number of carbonyl (C=O) groups excluding carboxylic acids is 2. The molecule has 1 aromatic rings. The van der Waals surface area contributed by atoms with Crippen LogP contribution in [0.15, 0.2) is 42.5 Å². The van der Waals surface area contributed by atoms with Crippen LogP contribution in [0.3, 0.4) is 0 Å². The van der Waals surface area contributed by atoms with Crippen molar-refractivity contribution in [2.75, 3.05) is 13.7 Å². The Balaban J connectivity index is 2.73. The van der Waals surface area contributed by atoms with E-state index in [0.29, 0.717) is 29.9 Å². The van der Waals surface area contributed by atoms with Crippen LogP contribution in [0.2, 0.25) is 0 Å². The molecule has 0 amide bonds. The van der Waals surface area contributed by atoms with Crippen molar-refractivity contribution in [3.8, 4) is 5.75 Å². The molecule has 1 unspecified atom stereocenters. The topological polar surface area (TPSA) is 69.4 Å². The fourth-order valence-corrected chi connectivity index (χ4v) is 2.50. The highest BCUT2D eigenvalue weighted by atomic mass is 16.5. The van der Waals surface area contributed by atoms with Crippen LogP contribution >= 0.6 is 0 Å². The van der Waals surface area contributed by atoms with Crippen molar-refractivity contribution in [2.45, 2.75) is 39.5 Å². The quantitative estimate of drug-likeness (QED) is 0.376. The summed E-state index contributed by atoms with van der Waals surface area (Å²) >= 11 is 0. The van der Waals surface area contributed by atoms with Gasteiger partial charge in [0.15, 0.2) is 11.6 Å². The van der Waals surface area contributed by atoms with Gasteiger partial charge in [-0.25, -0.2) is 0 Å². The molecular formula is C21H29NO3. The Kier molecular flexibility index (Phi) is 8.86. The van der Waals surface area contributed by atoms with E-state index in [9.17, 15) is 9.59 Å². The maximum Gasteiger partial charge on any atom is 0.191 e. The van der Waals surface area contributed by atoms with Crippen LogP contribution in [0.5, 0.6) is 5.75 Å². The number of unbranched alkanes of at least 4 members (excludes halogenated alkanes) is 1. The first-order valence-electron chi connectivity index (χ1n) is 8.68. The molecule has 0 radical (unpaired) electrons. The largest absolute Gasteiger partial charge is 0.496 e. The normalized spacial score (nSPS) is 12.2. The molecule has 4 heteroatoms. The Hall–Kier alpha value is -2.20. The van der Waals surface area contributed by atoms with Crippen LogP contribution in [-0.2, 0) is 11.2 Å². The van der Waals surface area contributed by atoms with Crippen molar-refractivity contribution in [3.63, 3.8) is 0 Å². The maximum absolute atomic E-state index is 12.2. The first kappa shape index (κ1) is 20.8. The SMILES string of the molecule is C=C(C)C(=O)c1cc(C/C=C/C(=O)C(C)CCCCN)ccc1OC. The molecule has 136 valence electrons. The first-order valence-corrected chi connectivity index (χ1v) is 8.68. The third kappa shape index (κ3) is 6.67. The number of methoxy groups -OCH3 is 1. The summed E-state index contributed by atoms with van der Waals surface area (Å²) in [5.74, 6) is 0.542. The highest BCUT2D eigenvalue weighted by molar-refractivity contribution is 6.09. The van der Waals surface area contributed by atoms with Crippen LogP contribution in [0.1, 0.15) is 49.0 Å². The Morgan fingerprint density at radius 2 is 2.04 bits per heavy atom. The van der Waals surface area contributed by atoms with Crippen LogP contribution in [0.25, 0.3) is 0 Å². The molecule has 4 nitrogen and oxygen atoms in total. The summed E-state index contributed by atoms with van der Waals surface area (Å²) in [5.41, 5.74) is 7.39. The molecular weight excluding hydrogens is 314 g/mol. The molecule has 0 aliphatic rings. The summed E-state index contributed by atoms with van der Waals surface area (Å²) in [5, 5.41) is 0. The molecule has 0 aliphatic carbocycles. The average molecular weight is 343 g/mol. The summed E-state index contributed by atoms with van der Waals surface area (Å²) in [4.78, 5) is 24.3. The second-order valence-corrected chi connectivity index (χ2v) is 6.34. The molecule has 1 rings (SSSR count). The average Bonchev–Trinajstić information content (AvgIpc) is 2.60. The van der Waals surface area contributed by atoms with E-state index in [-0.39, 0.29) is 17.5 Å². The second-order valence-electron chi connectivity index (χ2n) is 6.34. The van der Waals surface area contributed by atoms with Crippen LogP contribution in [0.4, 0.5) is 0 Å². The number of hydrogen-bond acceptors (Lipinski definition) is 4. The fraction of sp³-hybridized carbons (Fsp3) is 0.429. The van der Waals surface area contributed by atoms with Gasteiger partial charge < -0.3 is 10.5 Å². The van der Waals surface area contributed by atoms with Gasteiger partial charge in [0, 0.05) is 5.92 Å². The number of benzene rings is 1. The number of ether oxygens (including phenoxy) is 1.